The number of carbonyl (C=O) groups excluding carboxylic acids is 1. The van der Waals surface area contributed by atoms with E-state index in [1.165, 1.54) is 6.08 Å². The van der Waals surface area contributed by atoms with Crippen molar-refractivity contribution in [3.8, 4) is 0 Å². The van der Waals surface area contributed by atoms with Crippen molar-refractivity contribution in [3.63, 3.8) is 0 Å². The zero-order chi connectivity index (χ0) is 13.3. The first kappa shape index (κ1) is 15.4. The van der Waals surface area contributed by atoms with Crippen molar-refractivity contribution in [3.05, 3.63) is 12.7 Å². The van der Waals surface area contributed by atoms with Gasteiger partial charge in [-0.05, 0) is 33.5 Å². The van der Waals surface area contributed by atoms with Gasteiger partial charge < -0.3 is 20.6 Å². The predicted octanol–water partition coefficient (Wildman–Crippen LogP) is 0.267. The van der Waals surface area contributed by atoms with E-state index in [0.29, 0.717) is 6.54 Å². The van der Waals surface area contributed by atoms with Crippen molar-refractivity contribution >= 4 is 12.0 Å². The van der Waals surface area contributed by atoms with Crippen molar-refractivity contribution in [2.24, 2.45) is 0 Å². The molecule has 0 aliphatic carbocycles. The Bertz CT molecular complexity index is 267. The van der Waals surface area contributed by atoms with Crippen LogP contribution in [0.25, 0.3) is 0 Å². The molecule has 1 atom stereocenters. The van der Waals surface area contributed by atoms with Gasteiger partial charge in [0.15, 0.2) is 0 Å². The molecule has 2 amide bonds. The summed E-state index contributed by atoms with van der Waals surface area (Å²) in [7, 11) is 3.90. The monoisotopic (exact) mass is 243 g/mol. The lowest BCUT2D eigenvalue weighted by atomic mass is 10.2. The highest BCUT2D eigenvalue weighted by Gasteiger charge is 2.17. The maximum atomic E-state index is 11.3. The van der Waals surface area contributed by atoms with Crippen LogP contribution in [-0.4, -0.2) is 55.2 Å². The molecule has 1 unspecified atom stereocenters. The topological polar surface area (TPSA) is 81.7 Å². The van der Waals surface area contributed by atoms with E-state index in [1.54, 1.807) is 0 Å². The van der Waals surface area contributed by atoms with Gasteiger partial charge in [-0.2, -0.15) is 0 Å². The minimum Gasteiger partial charge on any atom is -0.480 e. The van der Waals surface area contributed by atoms with Crippen LogP contribution in [0.1, 0.15) is 12.8 Å². The van der Waals surface area contributed by atoms with E-state index in [2.05, 4.69) is 17.2 Å². The first-order valence-corrected chi connectivity index (χ1v) is 5.50. The molecule has 0 bridgehead atoms. The second-order valence-corrected chi connectivity index (χ2v) is 3.97. The summed E-state index contributed by atoms with van der Waals surface area (Å²) < 4.78 is 0. The second kappa shape index (κ2) is 8.58. The number of carbonyl (C=O) groups is 2. The van der Waals surface area contributed by atoms with E-state index in [9.17, 15) is 9.59 Å². The summed E-state index contributed by atoms with van der Waals surface area (Å²) in [5.41, 5.74) is 0. The molecule has 3 N–H and O–H groups in total. The number of hydrogen-bond acceptors (Lipinski definition) is 3. The van der Waals surface area contributed by atoms with Gasteiger partial charge in [-0.1, -0.05) is 6.08 Å². The van der Waals surface area contributed by atoms with Crippen molar-refractivity contribution in [2.45, 2.75) is 18.9 Å². The van der Waals surface area contributed by atoms with Gasteiger partial charge in [-0.15, -0.1) is 6.58 Å². The fourth-order valence-electron chi connectivity index (χ4n) is 1.19. The number of rotatable bonds is 8. The van der Waals surface area contributed by atoms with E-state index in [-0.39, 0.29) is 6.42 Å². The molecule has 98 valence electrons. The Hall–Kier alpha value is -1.56. The summed E-state index contributed by atoms with van der Waals surface area (Å²) in [4.78, 5) is 24.1. The number of carboxylic acids is 1. The maximum Gasteiger partial charge on any atom is 0.326 e. The molecule has 0 heterocycles. The van der Waals surface area contributed by atoms with Gasteiger partial charge in [-0.25, -0.2) is 9.59 Å². The lowest BCUT2D eigenvalue weighted by molar-refractivity contribution is -0.139. The summed E-state index contributed by atoms with van der Waals surface area (Å²) in [5.74, 6) is -1.06. The highest BCUT2D eigenvalue weighted by molar-refractivity contribution is 5.82. The summed E-state index contributed by atoms with van der Waals surface area (Å²) in [6.07, 6.45) is 2.49. The number of aliphatic carboxylic acids is 1. The zero-order valence-electron chi connectivity index (χ0n) is 10.4. The molecule has 0 aliphatic heterocycles. The first-order valence-electron chi connectivity index (χ1n) is 5.50. The summed E-state index contributed by atoms with van der Waals surface area (Å²) in [6, 6.07) is -1.38. The lowest BCUT2D eigenvalue weighted by Gasteiger charge is -2.14. The van der Waals surface area contributed by atoms with Crippen LogP contribution >= 0.6 is 0 Å². The number of nitrogens with zero attached hydrogens (tertiary/aromatic N) is 1. The average Bonchev–Trinajstić information content (AvgIpc) is 2.23. The molecule has 0 aromatic heterocycles. The molecular formula is C11H21N3O3. The molecule has 0 saturated carbocycles. The fourth-order valence-corrected chi connectivity index (χ4v) is 1.19. The van der Waals surface area contributed by atoms with Crippen molar-refractivity contribution < 1.29 is 14.7 Å². The van der Waals surface area contributed by atoms with Crippen molar-refractivity contribution in [2.75, 3.05) is 27.2 Å². The van der Waals surface area contributed by atoms with Crippen LogP contribution in [0.15, 0.2) is 12.7 Å². The molecule has 17 heavy (non-hydrogen) atoms. The number of amides is 2. The van der Waals surface area contributed by atoms with Crippen LogP contribution in [0.2, 0.25) is 0 Å². The molecule has 0 aliphatic rings. The highest BCUT2D eigenvalue weighted by Crippen LogP contribution is 1.92. The Balaban J connectivity index is 3.82. The van der Waals surface area contributed by atoms with E-state index in [0.717, 1.165) is 13.0 Å². The summed E-state index contributed by atoms with van der Waals surface area (Å²) in [6.45, 7) is 4.83. The van der Waals surface area contributed by atoms with Crippen LogP contribution in [0.4, 0.5) is 4.79 Å². The van der Waals surface area contributed by atoms with Crippen LogP contribution in [-0.2, 0) is 4.79 Å². The molecule has 0 saturated heterocycles. The maximum absolute atomic E-state index is 11.3. The van der Waals surface area contributed by atoms with E-state index >= 15 is 0 Å². The molecule has 0 fully saturated rings. The van der Waals surface area contributed by atoms with Crippen molar-refractivity contribution in [1.29, 1.82) is 0 Å². The van der Waals surface area contributed by atoms with Crippen LogP contribution in [0.3, 0.4) is 0 Å². The van der Waals surface area contributed by atoms with Crippen LogP contribution in [0, 0.1) is 0 Å². The normalized spacial score (nSPS) is 11.9. The van der Waals surface area contributed by atoms with E-state index in [1.807, 2.05) is 19.0 Å². The van der Waals surface area contributed by atoms with Gasteiger partial charge in [0.25, 0.3) is 0 Å². The first-order chi connectivity index (χ1) is 7.97. The fraction of sp³-hybridized carbons (Fsp3) is 0.636. The molecule has 0 rings (SSSR count). The van der Waals surface area contributed by atoms with Crippen LogP contribution < -0.4 is 10.6 Å². The summed E-state index contributed by atoms with van der Waals surface area (Å²) >= 11 is 0. The van der Waals surface area contributed by atoms with Gasteiger partial charge in [-0.3, -0.25) is 0 Å². The SMILES string of the molecule is C=CCC(NC(=O)NCCCN(C)C)C(=O)O. The number of hydrogen-bond donors (Lipinski definition) is 3. The zero-order valence-corrected chi connectivity index (χ0v) is 10.4. The Labute approximate surface area is 102 Å². The van der Waals surface area contributed by atoms with Gasteiger partial charge in [0.1, 0.15) is 6.04 Å². The molecule has 0 aromatic carbocycles. The third-order valence-corrected chi connectivity index (χ3v) is 2.07. The minimum atomic E-state index is -1.06. The Kier molecular flexibility index (Phi) is 7.79. The molecular weight excluding hydrogens is 222 g/mol. The second-order valence-electron chi connectivity index (χ2n) is 3.97. The van der Waals surface area contributed by atoms with Gasteiger partial charge in [0.2, 0.25) is 0 Å². The van der Waals surface area contributed by atoms with Gasteiger partial charge in [0, 0.05) is 6.54 Å². The predicted molar refractivity (Wildman–Crippen MR) is 65.9 cm³/mol. The van der Waals surface area contributed by atoms with Gasteiger partial charge >= 0.3 is 12.0 Å². The third kappa shape index (κ3) is 8.27. The van der Waals surface area contributed by atoms with E-state index in [4.69, 9.17) is 5.11 Å². The largest absolute Gasteiger partial charge is 0.480 e. The standard InChI is InChI=1S/C11H21N3O3/c1-4-6-9(10(15)16)13-11(17)12-7-5-8-14(2)3/h4,9H,1,5-8H2,2-3H3,(H,15,16)(H2,12,13,17). The number of nitrogens with one attached hydrogen (secondary N) is 2. The molecule has 0 aromatic rings. The number of urea groups is 1. The number of carboxylic acid groups (broad SMARTS) is 1. The van der Waals surface area contributed by atoms with Crippen molar-refractivity contribution in [1.82, 2.24) is 15.5 Å². The molecule has 0 spiro atoms. The highest BCUT2D eigenvalue weighted by atomic mass is 16.4. The van der Waals surface area contributed by atoms with Gasteiger partial charge in [0.05, 0.1) is 0 Å². The quantitative estimate of drug-likeness (QED) is 0.422. The molecule has 6 nitrogen and oxygen atoms in total. The third-order valence-electron chi connectivity index (χ3n) is 2.07. The Morgan fingerprint density at radius 1 is 1.47 bits per heavy atom. The minimum absolute atomic E-state index is 0.209. The summed E-state index contributed by atoms with van der Waals surface area (Å²) in [5, 5.41) is 13.8. The molecule has 0 radical (unpaired) electrons. The van der Waals surface area contributed by atoms with Crippen LogP contribution in [0.5, 0.6) is 0 Å². The Morgan fingerprint density at radius 2 is 2.12 bits per heavy atom. The lowest BCUT2D eigenvalue weighted by Crippen LogP contribution is -2.46. The Morgan fingerprint density at radius 3 is 2.59 bits per heavy atom. The van der Waals surface area contributed by atoms with E-state index < -0.39 is 18.0 Å². The molecule has 6 heteroatoms. The smallest absolute Gasteiger partial charge is 0.326 e. The average molecular weight is 243 g/mol.